The lowest BCUT2D eigenvalue weighted by atomic mass is 10.00. The molecule has 1 amide bonds. The standard InChI is InChI=1S/C12H13NO2/c1-9-5-3-6-10-7-4-8-13(15-2)12(14)11(9)10/h3-6,8H,7H2,1-2H3. The van der Waals surface area contributed by atoms with Crippen LogP contribution in [0.5, 0.6) is 0 Å². The van der Waals surface area contributed by atoms with Crippen molar-refractivity contribution in [2.75, 3.05) is 7.11 Å². The van der Waals surface area contributed by atoms with E-state index in [9.17, 15) is 4.79 Å². The number of carbonyl (C=O) groups excluding carboxylic acids is 1. The maximum absolute atomic E-state index is 12.0. The van der Waals surface area contributed by atoms with Crippen molar-refractivity contribution in [1.29, 1.82) is 0 Å². The molecule has 0 spiro atoms. The number of nitrogens with zero attached hydrogens (tertiary/aromatic N) is 1. The summed E-state index contributed by atoms with van der Waals surface area (Å²) in [4.78, 5) is 17.0. The molecule has 3 heteroatoms. The Labute approximate surface area is 88.9 Å². The SMILES string of the molecule is CON1C=CCc2cccc(C)c2C1=O. The molecule has 0 bridgehead atoms. The van der Waals surface area contributed by atoms with Crippen LogP contribution < -0.4 is 0 Å². The number of aryl methyl sites for hydroxylation is 1. The van der Waals surface area contributed by atoms with Crippen LogP contribution in [0, 0.1) is 6.92 Å². The first kappa shape index (κ1) is 9.93. The highest BCUT2D eigenvalue weighted by molar-refractivity contribution is 5.97. The van der Waals surface area contributed by atoms with Gasteiger partial charge in [-0.1, -0.05) is 24.3 Å². The van der Waals surface area contributed by atoms with Crippen LogP contribution in [0.3, 0.4) is 0 Å². The molecule has 0 unspecified atom stereocenters. The fourth-order valence-electron chi connectivity index (χ4n) is 1.80. The minimum atomic E-state index is -0.0978. The Bertz CT molecular complexity index is 424. The average Bonchev–Trinajstić information content (AvgIpc) is 2.39. The summed E-state index contributed by atoms with van der Waals surface area (Å²) in [7, 11) is 1.49. The van der Waals surface area contributed by atoms with Gasteiger partial charge in [0.1, 0.15) is 0 Å². The van der Waals surface area contributed by atoms with Gasteiger partial charge in [-0.25, -0.2) is 0 Å². The zero-order valence-corrected chi connectivity index (χ0v) is 8.86. The average molecular weight is 203 g/mol. The number of benzene rings is 1. The highest BCUT2D eigenvalue weighted by Crippen LogP contribution is 2.20. The van der Waals surface area contributed by atoms with Crippen molar-refractivity contribution in [3.63, 3.8) is 0 Å². The topological polar surface area (TPSA) is 29.5 Å². The Morgan fingerprint density at radius 3 is 2.93 bits per heavy atom. The summed E-state index contributed by atoms with van der Waals surface area (Å²) in [5, 5.41) is 1.26. The van der Waals surface area contributed by atoms with Gasteiger partial charge in [0, 0.05) is 11.8 Å². The normalized spacial score (nSPS) is 15.1. The van der Waals surface area contributed by atoms with Gasteiger partial charge < -0.3 is 0 Å². The predicted octanol–water partition coefficient (Wildman–Crippen LogP) is 2.07. The van der Waals surface area contributed by atoms with Gasteiger partial charge in [0.2, 0.25) is 0 Å². The first-order chi connectivity index (χ1) is 7.24. The minimum Gasteiger partial charge on any atom is -0.270 e. The molecule has 3 nitrogen and oxygen atoms in total. The van der Waals surface area contributed by atoms with E-state index in [4.69, 9.17) is 4.84 Å². The number of hydrogen-bond acceptors (Lipinski definition) is 2. The number of hydroxylamine groups is 2. The lowest BCUT2D eigenvalue weighted by Crippen LogP contribution is -2.25. The maximum atomic E-state index is 12.0. The fourth-order valence-corrected chi connectivity index (χ4v) is 1.80. The molecule has 1 aromatic carbocycles. The molecule has 0 radical (unpaired) electrons. The van der Waals surface area contributed by atoms with Crippen LogP contribution >= 0.6 is 0 Å². The van der Waals surface area contributed by atoms with E-state index in [2.05, 4.69) is 0 Å². The van der Waals surface area contributed by atoms with Gasteiger partial charge in [-0.05, 0) is 24.5 Å². The molecule has 78 valence electrons. The molecule has 0 saturated heterocycles. The van der Waals surface area contributed by atoms with Gasteiger partial charge in [0.15, 0.2) is 0 Å². The van der Waals surface area contributed by atoms with Crippen LogP contribution in [0.25, 0.3) is 0 Å². The summed E-state index contributed by atoms with van der Waals surface area (Å²) in [6.07, 6.45) is 4.36. The van der Waals surface area contributed by atoms with Crippen LogP contribution in [0.15, 0.2) is 30.5 Å². The van der Waals surface area contributed by atoms with E-state index >= 15 is 0 Å². The van der Waals surface area contributed by atoms with Crippen molar-refractivity contribution in [2.45, 2.75) is 13.3 Å². The van der Waals surface area contributed by atoms with Crippen LogP contribution in [-0.4, -0.2) is 18.1 Å². The molecule has 1 aliphatic rings. The number of amides is 1. The zero-order valence-electron chi connectivity index (χ0n) is 8.86. The van der Waals surface area contributed by atoms with Crippen LogP contribution in [-0.2, 0) is 11.3 Å². The van der Waals surface area contributed by atoms with E-state index in [0.29, 0.717) is 0 Å². The van der Waals surface area contributed by atoms with Crippen molar-refractivity contribution in [2.24, 2.45) is 0 Å². The molecule has 1 heterocycles. The van der Waals surface area contributed by atoms with Gasteiger partial charge in [0.05, 0.1) is 7.11 Å². The van der Waals surface area contributed by atoms with Crippen molar-refractivity contribution >= 4 is 5.91 Å². The highest BCUT2D eigenvalue weighted by atomic mass is 16.7. The molecule has 1 aromatic rings. The Balaban J connectivity index is 2.54. The van der Waals surface area contributed by atoms with Crippen molar-refractivity contribution < 1.29 is 9.63 Å². The fraction of sp³-hybridized carbons (Fsp3) is 0.250. The summed E-state index contributed by atoms with van der Waals surface area (Å²) in [6, 6.07) is 5.89. The van der Waals surface area contributed by atoms with Crippen molar-refractivity contribution in [3.05, 3.63) is 47.2 Å². The Kier molecular flexibility index (Phi) is 2.56. The first-order valence-corrected chi connectivity index (χ1v) is 4.87. The molecule has 1 aliphatic heterocycles. The minimum absolute atomic E-state index is 0.0978. The second kappa shape index (κ2) is 3.87. The molecule has 0 aliphatic carbocycles. The Morgan fingerprint density at radius 2 is 2.20 bits per heavy atom. The smallest absolute Gasteiger partial charge is 0.270 e. The number of carbonyl (C=O) groups is 1. The zero-order chi connectivity index (χ0) is 10.8. The Morgan fingerprint density at radius 1 is 1.40 bits per heavy atom. The molecule has 0 atom stereocenters. The second-order valence-corrected chi connectivity index (χ2v) is 3.51. The number of allylic oxidation sites excluding steroid dienone is 1. The summed E-state index contributed by atoms with van der Waals surface area (Å²) in [5.74, 6) is -0.0978. The maximum Gasteiger partial charge on any atom is 0.282 e. The molecule has 2 rings (SSSR count). The van der Waals surface area contributed by atoms with Crippen LogP contribution in [0.2, 0.25) is 0 Å². The van der Waals surface area contributed by atoms with Crippen molar-refractivity contribution in [3.8, 4) is 0 Å². The van der Waals surface area contributed by atoms with E-state index in [-0.39, 0.29) is 5.91 Å². The lowest BCUT2D eigenvalue weighted by Gasteiger charge is -2.15. The number of fused-ring (bicyclic) bond motifs is 1. The molecular formula is C12H13NO2. The predicted molar refractivity (Wildman–Crippen MR) is 57.2 cm³/mol. The number of rotatable bonds is 1. The summed E-state index contributed by atoms with van der Waals surface area (Å²) < 4.78 is 0. The van der Waals surface area contributed by atoms with E-state index in [1.54, 1.807) is 6.20 Å². The van der Waals surface area contributed by atoms with Gasteiger partial charge in [-0.2, -0.15) is 5.06 Å². The third kappa shape index (κ3) is 1.66. The van der Waals surface area contributed by atoms with Gasteiger partial charge in [0.25, 0.3) is 5.91 Å². The monoisotopic (exact) mass is 203 g/mol. The third-order valence-corrected chi connectivity index (χ3v) is 2.55. The summed E-state index contributed by atoms with van der Waals surface area (Å²) in [5.41, 5.74) is 2.79. The number of hydrogen-bond donors (Lipinski definition) is 0. The third-order valence-electron chi connectivity index (χ3n) is 2.55. The van der Waals surface area contributed by atoms with E-state index < -0.39 is 0 Å². The molecule has 15 heavy (non-hydrogen) atoms. The highest BCUT2D eigenvalue weighted by Gasteiger charge is 2.20. The summed E-state index contributed by atoms with van der Waals surface area (Å²) in [6.45, 7) is 1.94. The van der Waals surface area contributed by atoms with Crippen LogP contribution in [0.4, 0.5) is 0 Å². The quantitative estimate of drug-likeness (QED) is 0.699. The largest absolute Gasteiger partial charge is 0.282 e. The molecule has 0 saturated carbocycles. The molecular weight excluding hydrogens is 190 g/mol. The van der Waals surface area contributed by atoms with E-state index in [0.717, 1.165) is 23.1 Å². The van der Waals surface area contributed by atoms with E-state index in [1.807, 2.05) is 31.2 Å². The second-order valence-electron chi connectivity index (χ2n) is 3.51. The summed E-state index contributed by atoms with van der Waals surface area (Å²) >= 11 is 0. The molecule has 0 aromatic heterocycles. The van der Waals surface area contributed by atoms with Crippen molar-refractivity contribution in [1.82, 2.24) is 5.06 Å². The molecule has 0 N–H and O–H groups in total. The first-order valence-electron chi connectivity index (χ1n) is 4.87. The van der Waals surface area contributed by atoms with E-state index in [1.165, 1.54) is 12.2 Å². The Hall–Kier alpha value is -1.61. The van der Waals surface area contributed by atoms with Gasteiger partial charge in [-0.15, -0.1) is 0 Å². The van der Waals surface area contributed by atoms with Gasteiger partial charge in [-0.3, -0.25) is 9.63 Å². The molecule has 0 fully saturated rings. The lowest BCUT2D eigenvalue weighted by molar-refractivity contribution is -0.0583. The van der Waals surface area contributed by atoms with Gasteiger partial charge >= 0.3 is 0 Å². The van der Waals surface area contributed by atoms with Crippen LogP contribution in [0.1, 0.15) is 21.5 Å².